The van der Waals surface area contributed by atoms with Crippen LogP contribution >= 0.6 is 0 Å². The summed E-state index contributed by atoms with van der Waals surface area (Å²) in [5, 5.41) is 0. The summed E-state index contributed by atoms with van der Waals surface area (Å²) < 4.78 is 0. The van der Waals surface area contributed by atoms with Gasteiger partial charge in [-0.3, -0.25) is 4.79 Å². The highest BCUT2D eigenvalue weighted by atomic mass is 16.1. The number of hydrogen-bond donors (Lipinski definition) is 0. The second-order valence-electron chi connectivity index (χ2n) is 3.08. The molecule has 1 heteroatoms. The summed E-state index contributed by atoms with van der Waals surface area (Å²) in [4.78, 5) is 11.0. The van der Waals surface area contributed by atoms with Gasteiger partial charge in [0.2, 0.25) is 0 Å². The zero-order chi connectivity index (χ0) is 6.43. The summed E-state index contributed by atoms with van der Waals surface area (Å²) in [6.45, 7) is 3.86. The van der Waals surface area contributed by atoms with E-state index in [4.69, 9.17) is 0 Å². The molecule has 0 aromatic rings. The van der Waals surface area contributed by atoms with E-state index in [1.54, 1.807) is 0 Å². The van der Waals surface area contributed by atoms with Crippen LogP contribution in [-0.4, -0.2) is 5.78 Å². The lowest BCUT2D eigenvalue weighted by molar-refractivity contribution is -0.136. The lowest BCUT2D eigenvalue weighted by atomic mass is 9.62. The monoisotopic (exact) mass is 122 g/mol. The van der Waals surface area contributed by atoms with Crippen molar-refractivity contribution in [2.45, 2.75) is 19.3 Å². The Bertz CT molecular complexity index is 171. The number of ketones is 1. The van der Waals surface area contributed by atoms with Crippen LogP contribution in [0, 0.1) is 11.8 Å². The van der Waals surface area contributed by atoms with E-state index in [1.807, 2.05) is 0 Å². The minimum absolute atomic E-state index is 0.281. The van der Waals surface area contributed by atoms with Gasteiger partial charge >= 0.3 is 0 Å². The third-order valence-corrected chi connectivity index (χ3v) is 2.57. The Balaban J connectivity index is 2.23. The first-order chi connectivity index (χ1) is 4.29. The first-order valence-electron chi connectivity index (χ1n) is 3.50. The second-order valence-corrected chi connectivity index (χ2v) is 3.08. The van der Waals surface area contributed by atoms with Crippen molar-refractivity contribution in [2.24, 2.45) is 11.8 Å². The Morgan fingerprint density at radius 3 is 2.67 bits per heavy atom. The highest BCUT2D eigenvalue weighted by Crippen LogP contribution is 2.44. The quantitative estimate of drug-likeness (QED) is 0.445. The van der Waals surface area contributed by atoms with E-state index in [1.165, 1.54) is 5.57 Å². The lowest BCUT2D eigenvalue weighted by Gasteiger charge is -2.40. The van der Waals surface area contributed by atoms with Gasteiger partial charge in [0.15, 0.2) is 0 Å². The number of carbonyl (C=O) groups excluding carboxylic acids is 1. The molecule has 0 saturated heterocycles. The van der Waals surface area contributed by atoms with Crippen LogP contribution in [0.15, 0.2) is 12.2 Å². The number of hydrogen-bond acceptors (Lipinski definition) is 1. The lowest BCUT2D eigenvalue weighted by Crippen LogP contribution is -2.42. The predicted octanol–water partition coefficient (Wildman–Crippen LogP) is 1.54. The maximum absolute atomic E-state index is 11.0. The molecule has 0 spiro atoms. The van der Waals surface area contributed by atoms with Crippen LogP contribution in [0.4, 0.5) is 0 Å². The summed E-state index contributed by atoms with van der Waals surface area (Å²) in [7, 11) is 0. The standard InChI is InChI=1S/C8H10O/c1-5-2-3-6-4-7(5)8(6)9/h6-7H,1-4H2/t6-,7-/m1/s1. The minimum atomic E-state index is 0.281. The van der Waals surface area contributed by atoms with Crippen molar-refractivity contribution < 1.29 is 4.79 Å². The summed E-state index contributed by atoms with van der Waals surface area (Å²) >= 11 is 0. The molecule has 3 rings (SSSR count). The summed E-state index contributed by atoms with van der Waals surface area (Å²) in [5.74, 6) is 1.18. The smallest absolute Gasteiger partial charge is 0.143 e. The molecule has 2 atom stereocenters. The summed E-state index contributed by atoms with van der Waals surface area (Å²) in [5.41, 5.74) is 1.18. The van der Waals surface area contributed by atoms with Crippen molar-refractivity contribution in [3.63, 3.8) is 0 Å². The van der Waals surface area contributed by atoms with Crippen molar-refractivity contribution in [2.75, 3.05) is 0 Å². The van der Waals surface area contributed by atoms with Crippen molar-refractivity contribution >= 4 is 5.78 Å². The Hall–Kier alpha value is -0.590. The normalized spacial score (nSPS) is 40.4. The van der Waals surface area contributed by atoms with Gasteiger partial charge in [-0.1, -0.05) is 12.2 Å². The fourth-order valence-electron chi connectivity index (χ4n) is 1.80. The van der Waals surface area contributed by atoms with Crippen LogP contribution < -0.4 is 0 Å². The molecule has 3 fully saturated rings. The number of rotatable bonds is 0. The number of Topliss-reactive ketones (excluding diaryl/α,β-unsaturated/α-hetero) is 1. The highest BCUT2D eigenvalue weighted by molar-refractivity contribution is 5.92. The van der Waals surface area contributed by atoms with Crippen molar-refractivity contribution in [1.29, 1.82) is 0 Å². The van der Waals surface area contributed by atoms with Gasteiger partial charge in [0.05, 0.1) is 0 Å². The molecule has 0 heterocycles. The molecule has 3 aliphatic carbocycles. The Kier molecular flexibility index (Phi) is 0.850. The number of fused-ring (bicyclic) bond motifs is 2. The molecule has 0 aromatic heterocycles. The van der Waals surface area contributed by atoms with Gasteiger partial charge in [0, 0.05) is 11.8 Å². The Labute approximate surface area is 54.8 Å². The zero-order valence-corrected chi connectivity index (χ0v) is 5.39. The van der Waals surface area contributed by atoms with Crippen LogP contribution in [0.1, 0.15) is 19.3 Å². The number of allylic oxidation sites excluding steroid dienone is 1. The van der Waals surface area contributed by atoms with E-state index in [0.29, 0.717) is 11.7 Å². The van der Waals surface area contributed by atoms with E-state index < -0.39 is 0 Å². The van der Waals surface area contributed by atoms with E-state index in [-0.39, 0.29) is 5.92 Å². The fourth-order valence-corrected chi connectivity index (χ4v) is 1.80. The van der Waals surface area contributed by atoms with E-state index in [2.05, 4.69) is 6.58 Å². The maximum Gasteiger partial charge on any atom is 0.143 e. The first-order valence-corrected chi connectivity index (χ1v) is 3.50. The fraction of sp³-hybridized carbons (Fsp3) is 0.625. The summed E-state index contributed by atoms with van der Waals surface area (Å²) in [6.07, 6.45) is 3.28. The van der Waals surface area contributed by atoms with Gasteiger partial charge in [0.1, 0.15) is 5.78 Å². The van der Waals surface area contributed by atoms with Crippen LogP contribution in [-0.2, 0) is 4.79 Å². The van der Waals surface area contributed by atoms with Crippen LogP contribution in [0.25, 0.3) is 0 Å². The molecule has 3 aliphatic rings. The molecule has 3 saturated carbocycles. The molecule has 2 bridgehead atoms. The molecule has 0 unspecified atom stereocenters. The average molecular weight is 122 g/mol. The molecule has 0 aliphatic heterocycles. The number of carbonyl (C=O) groups is 1. The van der Waals surface area contributed by atoms with E-state index in [9.17, 15) is 4.79 Å². The zero-order valence-electron chi connectivity index (χ0n) is 5.39. The highest BCUT2D eigenvalue weighted by Gasteiger charge is 2.43. The molecule has 1 nitrogen and oxygen atoms in total. The molecule has 0 radical (unpaired) electrons. The Morgan fingerprint density at radius 2 is 2.33 bits per heavy atom. The second kappa shape index (κ2) is 1.47. The van der Waals surface area contributed by atoms with Crippen LogP contribution in [0.2, 0.25) is 0 Å². The average Bonchev–Trinajstić information content (AvgIpc) is 1.86. The van der Waals surface area contributed by atoms with Gasteiger partial charge in [-0.05, 0) is 19.3 Å². The van der Waals surface area contributed by atoms with Crippen molar-refractivity contribution in [3.8, 4) is 0 Å². The molecular formula is C8H10O. The molecule has 0 N–H and O–H groups in total. The molecule has 9 heavy (non-hydrogen) atoms. The van der Waals surface area contributed by atoms with Crippen molar-refractivity contribution in [3.05, 3.63) is 12.2 Å². The largest absolute Gasteiger partial charge is 0.299 e. The molecule has 0 aromatic carbocycles. The minimum Gasteiger partial charge on any atom is -0.299 e. The van der Waals surface area contributed by atoms with E-state index in [0.717, 1.165) is 19.3 Å². The van der Waals surface area contributed by atoms with Crippen molar-refractivity contribution in [1.82, 2.24) is 0 Å². The summed E-state index contributed by atoms with van der Waals surface area (Å²) in [6, 6.07) is 0. The SMILES string of the molecule is C=C1CC[C@@H]2C[C@H]1C2=O. The maximum atomic E-state index is 11.0. The third-order valence-electron chi connectivity index (χ3n) is 2.57. The predicted molar refractivity (Wildman–Crippen MR) is 35.0 cm³/mol. The molecule has 48 valence electrons. The van der Waals surface area contributed by atoms with Gasteiger partial charge in [-0.2, -0.15) is 0 Å². The van der Waals surface area contributed by atoms with E-state index >= 15 is 0 Å². The first kappa shape index (κ1) is 5.21. The Morgan fingerprint density at radius 1 is 1.56 bits per heavy atom. The van der Waals surface area contributed by atoms with Gasteiger partial charge < -0.3 is 0 Å². The topological polar surface area (TPSA) is 17.1 Å². The molecule has 0 amide bonds. The van der Waals surface area contributed by atoms with Crippen LogP contribution in [0.5, 0.6) is 0 Å². The van der Waals surface area contributed by atoms with Crippen LogP contribution in [0.3, 0.4) is 0 Å². The third kappa shape index (κ3) is 0.521. The molecular weight excluding hydrogens is 112 g/mol. The van der Waals surface area contributed by atoms with Gasteiger partial charge in [0.25, 0.3) is 0 Å². The van der Waals surface area contributed by atoms with Gasteiger partial charge in [-0.15, -0.1) is 0 Å². The van der Waals surface area contributed by atoms with Gasteiger partial charge in [-0.25, -0.2) is 0 Å².